The van der Waals surface area contributed by atoms with Crippen LogP contribution >= 0.6 is 23.2 Å². The summed E-state index contributed by atoms with van der Waals surface area (Å²) >= 11 is 12.0. The van der Waals surface area contributed by atoms with Gasteiger partial charge in [0.05, 0.1) is 25.9 Å². The van der Waals surface area contributed by atoms with E-state index in [2.05, 4.69) is 9.84 Å². The number of ether oxygens (including phenoxy) is 1. The molecule has 1 aliphatic rings. The van der Waals surface area contributed by atoms with Gasteiger partial charge in [-0.15, -0.1) is 0 Å². The minimum Gasteiger partial charge on any atom is -0.464 e. The fourth-order valence-electron chi connectivity index (χ4n) is 2.59. The standard InChI is InChI=1S/C16H12Cl2F3N3O2/c1-26-15(25)14-11-4-5-23(16(19,20)21)8-13(11)24(22-14)7-9-2-3-10(17)6-12(9)18/h2-6H,7-8H2,1H3. The third kappa shape index (κ3) is 3.52. The molecule has 1 aliphatic heterocycles. The van der Waals surface area contributed by atoms with Crippen molar-refractivity contribution in [2.45, 2.75) is 19.4 Å². The Balaban J connectivity index is 2.04. The van der Waals surface area contributed by atoms with Gasteiger partial charge in [0.2, 0.25) is 0 Å². The van der Waals surface area contributed by atoms with Gasteiger partial charge in [-0.25, -0.2) is 4.79 Å². The molecule has 0 unspecified atom stereocenters. The third-order valence-electron chi connectivity index (χ3n) is 3.88. The maximum atomic E-state index is 13.1. The molecule has 138 valence electrons. The summed E-state index contributed by atoms with van der Waals surface area (Å²) < 4.78 is 45.1. The number of methoxy groups -OCH3 is 1. The Morgan fingerprint density at radius 2 is 2.08 bits per heavy atom. The molecule has 0 saturated heterocycles. The van der Waals surface area contributed by atoms with Crippen LogP contribution in [-0.4, -0.2) is 34.1 Å². The number of fused-ring (bicyclic) bond motifs is 1. The number of hydrogen-bond donors (Lipinski definition) is 0. The number of hydrogen-bond acceptors (Lipinski definition) is 4. The highest BCUT2D eigenvalue weighted by molar-refractivity contribution is 6.35. The van der Waals surface area contributed by atoms with Crippen molar-refractivity contribution in [3.8, 4) is 0 Å². The van der Waals surface area contributed by atoms with Crippen LogP contribution in [0.25, 0.3) is 6.08 Å². The van der Waals surface area contributed by atoms with Gasteiger partial charge in [-0.05, 0) is 23.8 Å². The molecule has 0 aliphatic carbocycles. The molecule has 2 aromatic rings. The number of aromatic nitrogens is 2. The molecule has 0 fully saturated rings. The third-order valence-corrected chi connectivity index (χ3v) is 4.47. The minimum absolute atomic E-state index is 0.0503. The number of esters is 1. The molecular formula is C16H12Cl2F3N3O2. The van der Waals surface area contributed by atoms with Gasteiger partial charge in [0.25, 0.3) is 0 Å². The number of alkyl halides is 3. The lowest BCUT2D eigenvalue weighted by atomic mass is 10.1. The minimum atomic E-state index is -4.55. The summed E-state index contributed by atoms with van der Waals surface area (Å²) in [5, 5.41) is 4.92. The van der Waals surface area contributed by atoms with Gasteiger partial charge in [0.15, 0.2) is 5.69 Å². The summed E-state index contributed by atoms with van der Waals surface area (Å²) in [4.78, 5) is 12.1. The SMILES string of the molecule is COC(=O)c1nn(Cc2ccc(Cl)cc2Cl)c2c1C=CN(C(F)(F)F)C2. The molecule has 10 heteroatoms. The molecule has 0 N–H and O–H groups in total. The molecule has 0 spiro atoms. The average Bonchev–Trinajstić information content (AvgIpc) is 2.94. The van der Waals surface area contributed by atoms with Gasteiger partial charge in [-0.2, -0.15) is 18.3 Å². The number of carbonyl (C=O) groups is 1. The van der Waals surface area contributed by atoms with Crippen LogP contribution in [0.15, 0.2) is 24.4 Å². The molecule has 3 rings (SSSR count). The summed E-state index contributed by atoms with van der Waals surface area (Å²) in [5.74, 6) is -0.729. The molecule has 26 heavy (non-hydrogen) atoms. The first-order valence-corrected chi connectivity index (χ1v) is 8.10. The number of rotatable bonds is 3. The van der Waals surface area contributed by atoms with E-state index < -0.39 is 18.8 Å². The summed E-state index contributed by atoms with van der Waals surface area (Å²) in [6.07, 6.45) is -2.48. The first kappa shape index (κ1) is 18.6. The molecule has 2 heterocycles. The summed E-state index contributed by atoms with van der Waals surface area (Å²) in [7, 11) is 1.18. The van der Waals surface area contributed by atoms with Crippen LogP contribution in [-0.2, 0) is 17.8 Å². The highest BCUT2D eigenvalue weighted by atomic mass is 35.5. The van der Waals surface area contributed by atoms with E-state index in [0.717, 1.165) is 6.20 Å². The normalized spacial score (nSPS) is 13.7. The van der Waals surface area contributed by atoms with Gasteiger partial charge in [0.1, 0.15) is 0 Å². The van der Waals surface area contributed by atoms with E-state index in [0.29, 0.717) is 21.2 Å². The van der Waals surface area contributed by atoms with Crippen molar-refractivity contribution in [2.24, 2.45) is 0 Å². The molecule has 1 aromatic carbocycles. The van der Waals surface area contributed by atoms with Gasteiger partial charge in [-0.3, -0.25) is 9.58 Å². The van der Waals surface area contributed by atoms with E-state index in [4.69, 9.17) is 23.2 Å². The smallest absolute Gasteiger partial charge is 0.464 e. The maximum Gasteiger partial charge on any atom is 0.484 e. The van der Waals surface area contributed by atoms with E-state index in [1.807, 2.05) is 0 Å². The van der Waals surface area contributed by atoms with Gasteiger partial charge in [0, 0.05) is 21.8 Å². The lowest BCUT2D eigenvalue weighted by Crippen LogP contribution is -2.35. The van der Waals surface area contributed by atoms with Crippen molar-refractivity contribution in [3.05, 3.63) is 57.0 Å². The van der Waals surface area contributed by atoms with Crippen molar-refractivity contribution >= 4 is 35.2 Å². The van der Waals surface area contributed by atoms with E-state index in [9.17, 15) is 18.0 Å². The van der Waals surface area contributed by atoms with Gasteiger partial charge >= 0.3 is 12.3 Å². The van der Waals surface area contributed by atoms with Crippen LogP contribution in [0.5, 0.6) is 0 Å². The quantitative estimate of drug-likeness (QED) is 0.563. The predicted octanol–water partition coefficient (Wildman–Crippen LogP) is 4.33. The van der Waals surface area contributed by atoms with Gasteiger partial charge in [-0.1, -0.05) is 29.3 Å². The fraction of sp³-hybridized carbons (Fsp3) is 0.250. The Kier molecular flexibility index (Phi) is 4.90. The number of halogens is 5. The number of carbonyl (C=O) groups excluding carboxylic acids is 1. The van der Waals surface area contributed by atoms with Crippen LogP contribution < -0.4 is 0 Å². The fourth-order valence-corrected chi connectivity index (χ4v) is 3.06. The van der Waals surface area contributed by atoms with Crippen LogP contribution in [0.3, 0.4) is 0 Å². The van der Waals surface area contributed by atoms with Crippen molar-refractivity contribution < 1.29 is 22.7 Å². The number of benzene rings is 1. The summed E-state index contributed by atoms with van der Waals surface area (Å²) in [6.45, 7) is -0.403. The summed E-state index contributed by atoms with van der Waals surface area (Å²) in [5.41, 5.74) is 1.08. The lowest BCUT2D eigenvalue weighted by Gasteiger charge is -2.26. The second-order valence-corrected chi connectivity index (χ2v) is 6.35. The summed E-state index contributed by atoms with van der Waals surface area (Å²) in [6, 6.07) is 4.79. The zero-order chi connectivity index (χ0) is 19.1. The molecule has 0 atom stereocenters. The van der Waals surface area contributed by atoms with Gasteiger partial charge < -0.3 is 4.74 Å². The van der Waals surface area contributed by atoms with E-state index >= 15 is 0 Å². The Morgan fingerprint density at radius 3 is 2.69 bits per heavy atom. The average molecular weight is 406 g/mol. The van der Waals surface area contributed by atoms with Crippen LogP contribution in [0.1, 0.15) is 27.3 Å². The Bertz CT molecular complexity index is 894. The Labute approximate surface area is 156 Å². The maximum absolute atomic E-state index is 13.1. The van der Waals surface area contributed by atoms with E-state index in [1.165, 1.54) is 23.9 Å². The molecule has 1 aromatic heterocycles. The topological polar surface area (TPSA) is 47.4 Å². The van der Waals surface area contributed by atoms with Crippen LogP contribution in [0.2, 0.25) is 10.0 Å². The Hall–Kier alpha value is -2.19. The molecule has 0 bridgehead atoms. The lowest BCUT2D eigenvalue weighted by molar-refractivity contribution is -0.231. The molecule has 5 nitrogen and oxygen atoms in total. The molecular weight excluding hydrogens is 394 g/mol. The zero-order valence-electron chi connectivity index (χ0n) is 13.3. The first-order chi connectivity index (χ1) is 12.2. The van der Waals surface area contributed by atoms with Crippen molar-refractivity contribution in [3.63, 3.8) is 0 Å². The van der Waals surface area contributed by atoms with Crippen molar-refractivity contribution in [1.82, 2.24) is 14.7 Å². The van der Waals surface area contributed by atoms with Crippen LogP contribution in [0, 0.1) is 0 Å². The largest absolute Gasteiger partial charge is 0.484 e. The predicted molar refractivity (Wildman–Crippen MR) is 89.8 cm³/mol. The van der Waals surface area contributed by atoms with Crippen LogP contribution in [0.4, 0.5) is 13.2 Å². The molecule has 0 saturated carbocycles. The van der Waals surface area contributed by atoms with E-state index in [1.54, 1.807) is 12.1 Å². The second kappa shape index (κ2) is 6.85. The van der Waals surface area contributed by atoms with Crippen molar-refractivity contribution in [1.29, 1.82) is 0 Å². The van der Waals surface area contributed by atoms with E-state index in [-0.39, 0.29) is 22.8 Å². The highest BCUT2D eigenvalue weighted by Crippen LogP contribution is 2.32. The second-order valence-electron chi connectivity index (χ2n) is 5.51. The monoisotopic (exact) mass is 405 g/mol. The Morgan fingerprint density at radius 1 is 1.35 bits per heavy atom. The highest BCUT2D eigenvalue weighted by Gasteiger charge is 2.38. The molecule has 0 radical (unpaired) electrons. The zero-order valence-corrected chi connectivity index (χ0v) is 14.9. The van der Waals surface area contributed by atoms with Crippen molar-refractivity contribution in [2.75, 3.05) is 7.11 Å². The number of nitrogens with zero attached hydrogens (tertiary/aromatic N) is 3. The first-order valence-electron chi connectivity index (χ1n) is 7.34. The molecule has 0 amide bonds.